The van der Waals surface area contributed by atoms with Gasteiger partial charge in [0.1, 0.15) is 5.75 Å². The van der Waals surface area contributed by atoms with Gasteiger partial charge in [0, 0.05) is 11.4 Å². The minimum Gasteiger partial charge on any atom is -0.497 e. The lowest BCUT2D eigenvalue weighted by atomic mass is 10.1. The van der Waals surface area contributed by atoms with E-state index in [1.54, 1.807) is 18.4 Å². The fraction of sp³-hybridized carbons (Fsp3) is 0.217. The van der Waals surface area contributed by atoms with Crippen molar-refractivity contribution in [1.82, 2.24) is 9.55 Å². The number of fused-ring (bicyclic) bond motifs is 1. The Labute approximate surface area is 173 Å². The summed E-state index contributed by atoms with van der Waals surface area (Å²) in [4.78, 5) is 15.8. The Morgan fingerprint density at radius 2 is 1.93 bits per heavy atom. The average Bonchev–Trinajstić information content (AvgIpc) is 3.35. The quantitative estimate of drug-likeness (QED) is 0.450. The number of hydrogen-bond donors (Lipinski definition) is 1. The van der Waals surface area contributed by atoms with Crippen LogP contribution < -0.4 is 4.74 Å². The van der Waals surface area contributed by atoms with Crippen LogP contribution in [-0.2, 0) is 17.6 Å². The number of carboxylic acids is 1. The maximum atomic E-state index is 11.1. The van der Waals surface area contributed by atoms with Crippen LogP contribution in [0.2, 0.25) is 0 Å². The van der Waals surface area contributed by atoms with E-state index >= 15 is 0 Å². The molecule has 29 heavy (non-hydrogen) atoms. The number of aromatic nitrogens is 2. The zero-order chi connectivity index (χ0) is 20.4. The summed E-state index contributed by atoms with van der Waals surface area (Å²) in [7, 11) is 1.65. The van der Waals surface area contributed by atoms with Crippen molar-refractivity contribution in [3.8, 4) is 22.7 Å². The number of carboxylic acid groups (broad SMARTS) is 1. The SMILES string of the molecule is CCc1nc2ccc(-n3c(CCC(=O)O)ccc3-c3ccc(OC)cc3)cc2s1. The number of hydrogen-bond acceptors (Lipinski definition) is 4. The highest BCUT2D eigenvalue weighted by Gasteiger charge is 2.14. The smallest absolute Gasteiger partial charge is 0.303 e. The molecule has 1 N–H and O–H groups in total. The third-order valence-electron chi connectivity index (χ3n) is 4.92. The number of aliphatic carboxylic acids is 1. The van der Waals surface area contributed by atoms with E-state index in [-0.39, 0.29) is 6.42 Å². The minimum absolute atomic E-state index is 0.0921. The Balaban J connectivity index is 1.83. The number of methoxy groups -OCH3 is 1. The molecule has 0 fully saturated rings. The fourth-order valence-corrected chi connectivity index (χ4v) is 4.39. The Kier molecular flexibility index (Phi) is 5.36. The van der Waals surface area contributed by atoms with Gasteiger partial charge in [0.15, 0.2) is 0 Å². The zero-order valence-electron chi connectivity index (χ0n) is 16.4. The first kappa shape index (κ1) is 19.2. The van der Waals surface area contributed by atoms with Gasteiger partial charge < -0.3 is 14.4 Å². The van der Waals surface area contributed by atoms with E-state index in [0.717, 1.165) is 50.0 Å². The second kappa shape index (κ2) is 8.09. The fourth-order valence-electron chi connectivity index (χ4n) is 3.45. The molecule has 0 radical (unpaired) electrons. The summed E-state index contributed by atoms with van der Waals surface area (Å²) in [6.45, 7) is 2.11. The molecule has 0 saturated heterocycles. The van der Waals surface area contributed by atoms with Crippen molar-refractivity contribution >= 4 is 27.5 Å². The molecule has 4 rings (SSSR count). The highest BCUT2D eigenvalue weighted by atomic mass is 32.1. The molecule has 2 heterocycles. The summed E-state index contributed by atoms with van der Waals surface area (Å²) in [6, 6.07) is 18.2. The van der Waals surface area contributed by atoms with E-state index in [9.17, 15) is 4.79 Å². The molecule has 0 saturated carbocycles. The topological polar surface area (TPSA) is 64.4 Å². The number of ether oxygens (including phenoxy) is 1. The Hall–Kier alpha value is -3.12. The van der Waals surface area contributed by atoms with E-state index in [1.165, 1.54) is 0 Å². The van der Waals surface area contributed by atoms with Crippen molar-refractivity contribution in [3.05, 3.63) is 65.3 Å². The van der Waals surface area contributed by atoms with Gasteiger partial charge in [-0.1, -0.05) is 6.92 Å². The van der Waals surface area contributed by atoms with Crippen LogP contribution in [0.5, 0.6) is 5.75 Å². The lowest BCUT2D eigenvalue weighted by Gasteiger charge is -2.14. The van der Waals surface area contributed by atoms with E-state index in [4.69, 9.17) is 9.84 Å². The molecule has 6 heteroatoms. The summed E-state index contributed by atoms with van der Waals surface area (Å²) in [5.41, 5.74) is 5.05. The van der Waals surface area contributed by atoms with Crippen LogP contribution in [0.3, 0.4) is 0 Å². The van der Waals surface area contributed by atoms with E-state index < -0.39 is 5.97 Å². The number of rotatable bonds is 7. The predicted octanol–water partition coefficient (Wildman–Crippen LogP) is 5.34. The van der Waals surface area contributed by atoms with Crippen LogP contribution in [0.15, 0.2) is 54.6 Å². The van der Waals surface area contributed by atoms with Gasteiger partial charge in [0.2, 0.25) is 0 Å². The largest absolute Gasteiger partial charge is 0.497 e. The maximum Gasteiger partial charge on any atom is 0.303 e. The molecular formula is C23H22N2O3S. The second-order valence-corrected chi connectivity index (χ2v) is 7.90. The van der Waals surface area contributed by atoms with Gasteiger partial charge in [-0.05, 0) is 73.0 Å². The van der Waals surface area contributed by atoms with Gasteiger partial charge >= 0.3 is 5.97 Å². The van der Waals surface area contributed by atoms with Gasteiger partial charge in [0.05, 0.1) is 34.4 Å². The van der Waals surface area contributed by atoms with Crippen LogP contribution in [0.4, 0.5) is 0 Å². The van der Waals surface area contributed by atoms with Crippen molar-refractivity contribution in [3.63, 3.8) is 0 Å². The zero-order valence-corrected chi connectivity index (χ0v) is 17.2. The molecule has 0 aliphatic rings. The highest BCUT2D eigenvalue weighted by Crippen LogP contribution is 2.31. The van der Waals surface area contributed by atoms with E-state index in [0.29, 0.717) is 6.42 Å². The van der Waals surface area contributed by atoms with Gasteiger partial charge in [-0.2, -0.15) is 0 Å². The number of thiazole rings is 1. The minimum atomic E-state index is -0.797. The Bertz CT molecular complexity index is 1160. The summed E-state index contributed by atoms with van der Waals surface area (Å²) < 4.78 is 8.56. The number of benzene rings is 2. The molecule has 2 aromatic carbocycles. The van der Waals surface area contributed by atoms with Crippen molar-refractivity contribution in [1.29, 1.82) is 0 Å². The maximum absolute atomic E-state index is 11.1. The normalized spacial score (nSPS) is 11.1. The number of aryl methyl sites for hydroxylation is 2. The summed E-state index contributed by atoms with van der Waals surface area (Å²) in [5, 5.41) is 10.3. The van der Waals surface area contributed by atoms with Gasteiger partial charge in [-0.3, -0.25) is 4.79 Å². The Morgan fingerprint density at radius 3 is 2.62 bits per heavy atom. The van der Waals surface area contributed by atoms with Crippen molar-refractivity contribution < 1.29 is 14.6 Å². The summed E-state index contributed by atoms with van der Waals surface area (Å²) in [6.07, 6.45) is 1.47. The molecule has 0 bridgehead atoms. The lowest BCUT2D eigenvalue weighted by Crippen LogP contribution is -2.05. The molecule has 0 aliphatic heterocycles. The first-order valence-corrected chi connectivity index (χ1v) is 10.4. The van der Waals surface area contributed by atoms with Gasteiger partial charge in [-0.15, -0.1) is 11.3 Å². The molecule has 0 amide bonds. The van der Waals surface area contributed by atoms with Crippen LogP contribution in [0, 0.1) is 0 Å². The van der Waals surface area contributed by atoms with Crippen LogP contribution in [0.25, 0.3) is 27.2 Å². The molecule has 5 nitrogen and oxygen atoms in total. The first-order chi connectivity index (χ1) is 14.1. The molecular weight excluding hydrogens is 384 g/mol. The Morgan fingerprint density at radius 1 is 1.14 bits per heavy atom. The number of carbonyl (C=O) groups is 1. The monoisotopic (exact) mass is 406 g/mol. The standard InChI is InChI=1S/C23H22N2O3S/c1-3-22-24-19-11-6-17(14-21(19)29-22)25-16(8-13-23(26)27)7-12-20(25)15-4-9-18(28-2)10-5-15/h4-7,9-12,14H,3,8,13H2,1-2H3,(H,26,27). The molecule has 2 aromatic heterocycles. The molecule has 0 unspecified atom stereocenters. The van der Waals surface area contributed by atoms with E-state index in [1.807, 2.05) is 42.5 Å². The molecule has 0 aliphatic carbocycles. The lowest BCUT2D eigenvalue weighted by molar-refractivity contribution is -0.136. The first-order valence-electron chi connectivity index (χ1n) is 9.55. The molecule has 0 atom stereocenters. The summed E-state index contributed by atoms with van der Waals surface area (Å²) in [5.74, 6) is 0.00498. The predicted molar refractivity (Wildman–Crippen MR) is 116 cm³/mol. The van der Waals surface area contributed by atoms with Gasteiger partial charge in [-0.25, -0.2) is 4.98 Å². The van der Waals surface area contributed by atoms with Crippen molar-refractivity contribution in [2.24, 2.45) is 0 Å². The van der Waals surface area contributed by atoms with Crippen molar-refractivity contribution in [2.75, 3.05) is 7.11 Å². The van der Waals surface area contributed by atoms with Crippen LogP contribution in [-0.4, -0.2) is 27.7 Å². The van der Waals surface area contributed by atoms with Crippen molar-refractivity contribution in [2.45, 2.75) is 26.2 Å². The third kappa shape index (κ3) is 3.89. The number of nitrogens with zero attached hydrogens (tertiary/aromatic N) is 2. The molecule has 4 aromatic rings. The van der Waals surface area contributed by atoms with Crippen LogP contribution >= 0.6 is 11.3 Å². The van der Waals surface area contributed by atoms with Crippen LogP contribution in [0.1, 0.15) is 24.0 Å². The summed E-state index contributed by atoms with van der Waals surface area (Å²) >= 11 is 1.70. The third-order valence-corrected chi connectivity index (χ3v) is 6.08. The second-order valence-electron chi connectivity index (χ2n) is 6.78. The highest BCUT2D eigenvalue weighted by molar-refractivity contribution is 7.18. The van der Waals surface area contributed by atoms with E-state index in [2.05, 4.69) is 28.6 Å². The molecule has 148 valence electrons. The molecule has 0 spiro atoms. The van der Waals surface area contributed by atoms with Gasteiger partial charge in [0.25, 0.3) is 0 Å². The average molecular weight is 407 g/mol.